The third-order valence-corrected chi connectivity index (χ3v) is 5.40. The average molecular weight is 443 g/mol. The van der Waals surface area contributed by atoms with Gasteiger partial charge in [-0.05, 0) is 36.4 Å². The predicted octanol–water partition coefficient (Wildman–Crippen LogP) is 1.52. The minimum Gasteiger partial charge on any atom is -0.406 e. The first kappa shape index (κ1) is 21.5. The van der Waals surface area contributed by atoms with Crippen LogP contribution in [0.2, 0.25) is 0 Å². The number of nitrogens with zero attached hydrogens (tertiary/aromatic N) is 4. The van der Waals surface area contributed by atoms with Gasteiger partial charge < -0.3 is 4.74 Å². The average Bonchev–Trinajstić information content (AvgIpc) is 2.96. The van der Waals surface area contributed by atoms with E-state index in [0.29, 0.717) is 11.5 Å². The Labute approximate surface area is 168 Å². The van der Waals surface area contributed by atoms with Crippen LogP contribution >= 0.6 is 0 Å². The van der Waals surface area contributed by atoms with Crippen molar-refractivity contribution in [2.75, 3.05) is 6.54 Å². The van der Waals surface area contributed by atoms with Crippen molar-refractivity contribution < 1.29 is 26.3 Å². The Balaban J connectivity index is 1.67. The molecule has 30 heavy (non-hydrogen) atoms. The Morgan fingerprint density at radius 2 is 1.83 bits per heavy atom. The van der Waals surface area contributed by atoms with Crippen LogP contribution in [0.3, 0.4) is 0 Å². The van der Waals surface area contributed by atoms with Crippen LogP contribution in [-0.2, 0) is 23.6 Å². The summed E-state index contributed by atoms with van der Waals surface area (Å²) in [5, 5.41) is 4.16. The minimum atomic E-state index is -4.87. The summed E-state index contributed by atoms with van der Waals surface area (Å²) in [4.78, 5) is 16.2. The molecule has 0 aliphatic carbocycles. The minimum absolute atomic E-state index is 0.0615. The number of halogens is 3. The van der Waals surface area contributed by atoms with Gasteiger partial charge in [0.1, 0.15) is 11.4 Å². The molecule has 0 saturated carbocycles. The molecule has 9 nitrogen and oxygen atoms in total. The van der Waals surface area contributed by atoms with E-state index in [9.17, 15) is 26.4 Å². The Morgan fingerprint density at radius 1 is 1.13 bits per heavy atom. The third-order valence-electron chi connectivity index (χ3n) is 3.92. The van der Waals surface area contributed by atoms with E-state index in [1.165, 1.54) is 11.6 Å². The quantitative estimate of drug-likeness (QED) is 0.593. The maximum atomic E-state index is 12.3. The Kier molecular flexibility index (Phi) is 5.94. The zero-order chi connectivity index (χ0) is 21.9. The van der Waals surface area contributed by atoms with Crippen LogP contribution in [0.5, 0.6) is 5.75 Å². The summed E-state index contributed by atoms with van der Waals surface area (Å²) in [5.74, 6) is -0.216. The summed E-state index contributed by atoms with van der Waals surface area (Å²) in [7, 11) is -2.49. The lowest BCUT2D eigenvalue weighted by Crippen LogP contribution is -2.31. The maximum absolute atomic E-state index is 12.3. The first-order chi connectivity index (χ1) is 14.1. The van der Waals surface area contributed by atoms with Gasteiger partial charge in [0.2, 0.25) is 10.0 Å². The van der Waals surface area contributed by atoms with Crippen LogP contribution in [-0.4, -0.2) is 40.7 Å². The van der Waals surface area contributed by atoms with E-state index >= 15 is 0 Å². The molecular weight excluding hydrogens is 427 g/mol. The highest BCUT2D eigenvalue weighted by Gasteiger charge is 2.31. The van der Waals surface area contributed by atoms with Crippen LogP contribution in [0.25, 0.3) is 11.5 Å². The van der Waals surface area contributed by atoms with Gasteiger partial charge in [-0.2, -0.15) is 0 Å². The van der Waals surface area contributed by atoms with E-state index in [1.54, 1.807) is 24.4 Å². The molecule has 2 heterocycles. The molecule has 3 aromatic rings. The van der Waals surface area contributed by atoms with Crippen molar-refractivity contribution in [1.29, 1.82) is 0 Å². The zero-order valence-electron chi connectivity index (χ0n) is 15.5. The number of pyridine rings is 1. The fraction of sp³-hybridized carbons (Fsp3) is 0.235. The first-order valence-electron chi connectivity index (χ1n) is 8.47. The van der Waals surface area contributed by atoms with Gasteiger partial charge in [-0.3, -0.25) is 9.55 Å². The van der Waals surface area contributed by atoms with Crippen LogP contribution < -0.4 is 15.1 Å². The molecule has 0 amide bonds. The van der Waals surface area contributed by atoms with Gasteiger partial charge in [-0.1, -0.05) is 6.07 Å². The number of aromatic nitrogens is 4. The van der Waals surface area contributed by atoms with E-state index in [2.05, 4.69) is 19.5 Å². The van der Waals surface area contributed by atoms with Gasteiger partial charge in [-0.15, -0.1) is 18.3 Å². The lowest BCUT2D eigenvalue weighted by Gasteiger charge is -2.10. The van der Waals surface area contributed by atoms with Gasteiger partial charge in [-0.25, -0.2) is 22.6 Å². The lowest BCUT2D eigenvalue weighted by molar-refractivity contribution is -0.274. The highest BCUT2D eigenvalue weighted by atomic mass is 32.2. The van der Waals surface area contributed by atoms with Gasteiger partial charge in [0, 0.05) is 19.8 Å². The van der Waals surface area contributed by atoms with Gasteiger partial charge in [0.15, 0.2) is 5.82 Å². The molecular formula is C17H16F3N5O4S. The molecule has 160 valence electrons. The number of ether oxygens (including phenoxy) is 1. The Morgan fingerprint density at radius 3 is 2.43 bits per heavy atom. The van der Waals surface area contributed by atoms with Gasteiger partial charge in [0.25, 0.3) is 0 Å². The summed E-state index contributed by atoms with van der Waals surface area (Å²) in [6.07, 6.45) is -3.32. The summed E-state index contributed by atoms with van der Waals surface area (Å²) in [5.41, 5.74) is 0.0288. The Hall–Kier alpha value is -3.19. The van der Waals surface area contributed by atoms with E-state index < -0.39 is 27.8 Å². The Bertz CT molecular complexity index is 1170. The summed E-state index contributed by atoms with van der Waals surface area (Å²) in [6, 6.07) is 8.89. The molecule has 0 saturated heterocycles. The number of hydrogen-bond donors (Lipinski definition) is 1. The van der Waals surface area contributed by atoms with Crippen molar-refractivity contribution in [3.8, 4) is 17.3 Å². The highest BCUT2D eigenvalue weighted by Crippen LogP contribution is 2.23. The standard InChI is InChI=1S/C17H16F3N5O4S/c1-24-15(14-4-2-3-9-21-14)23-25(16(24)26)11-10-22-30(27,28)13-7-5-12(6-8-13)29-17(18,19)20/h2-9,22H,10-11H2,1H3. The van der Waals surface area contributed by atoms with Crippen molar-refractivity contribution in [3.63, 3.8) is 0 Å². The van der Waals surface area contributed by atoms with Crippen molar-refractivity contribution >= 4 is 10.0 Å². The fourth-order valence-corrected chi connectivity index (χ4v) is 3.56. The van der Waals surface area contributed by atoms with E-state index in [0.717, 1.165) is 28.9 Å². The number of rotatable bonds is 7. The van der Waals surface area contributed by atoms with Crippen molar-refractivity contribution in [2.45, 2.75) is 17.8 Å². The van der Waals surface area contributed by atoms with Crippen molar-refractivity contribution in [3.05, 3.63) is 59.1 Å². The molecule has 0 fully saturated rings. The summed E-state index contributed by atoms with van der Waals surface area (Å²) >= 11 is 0. The number of nitrogens with one attached hydrogen (secondary N) is 1. The molecule has 0 atom stereocenters. The van der Waals surface area contributed by atoms with Gasteiger partial charge in [0.05, 0.1) is 11.4 Å². The monoisotopic (exact) mass is 443 g/mol. The molecule has 0 aliphatic rings. The molecule has 0 bridgehead atoms. The zero-order valence-corrected chi connectivity index (χ0v) is 16.3. The molecule has 0 spiro atoms. The van der Waals surface area contributed by atoms with Crippen molar-refractivity contribution in [1.82, 2.24) is 24.1 Å². The second-order valence-corrected chi connectivity index (χ2v) is 7.79. The fourth-order valence-electron chi connectivity index (χ4n) is 2.54. The largest absolute Gasteiger partial charge is 0.573 e. The first-order valence-corrected chi connectivity index (χ1v) is 9.96. The molecule has 0 radical (unpaired) electrons. The van der Waals surface area contributed by atoms with E-state index in [-0.39, 0.29) is 18.0 Å². The molecule has 2 aromatic heterocycles. The second kappa shape index (κ2) is 8.28. The molecule has 3 rings (SSSR count). The number of hydrogen-bond acceptors (Lipinski definition) is 6. The summed E-state index contributed by atoms with van der Waals surface area (Å²) in [6.45, 7) is -0.226. The molecule has 0 aliphatic heterocycles. The molecule has 1 aromatic carbocycles. The van der Waals surface area contributed by atoms with E-state index in [4.69, 9.17) is 0 Å². The molecule has 1 N–H and O–H groups in total. The van der Waals surface area contributed by atoms with Crippen LogP contribution in [0.1, 0.15) is 0 Å². The lowest BCUT2D eigenvalue weighted by atomic mass is 10.3. The SMILES string of the molecule is Cn1c(-c2ccccn2)nn(CCNS(=O)(=O)c2ccc(OC(F)(F)F)cc2)c1=O. The number of sulfonamides is 1. The normalized spacial score (nSPS) is 12.1. The highest BCUT2D eigenvalue weighted by molar-refractivity contribution is 7.89. The molecule has 0 unspecified atom stereocenters. The third kappa shape index (κ3) is 5.04. The van der Waals surface area contributed by atoms with E-state index in [1.807, 2.05) is 0 Å². The molecule has 13 heteroatoms. The van der Waals surface area contributed by atoms with Crippen LogP contribution in [0.15, 0.2) is 58.4 Å². The smallest absolute Gasteiger partial charge is 0.406 e. The topological polar surface area (TPSA) is 108 Å². The maximum Gasteiger partial charge on any atom is 0.573 e. The number of alkyl halides is 3. The second-order valence-electron chi connectivity index (χ2n) is 6.02. The van der Waals surface area contributed by atoms with Crippen molar-refractivity contribution in [2.24, 2.45) is 7.05 Å². The van der Waals surface area contributed by atoms with Gasteiger partial charge >= 0.3 is 12.1 Å². The number of benzene rings is 1. The van der Waals surface area contributed by atoms with Crippen LogP contribution in [0, 0.1) is 0 Å². The van der Waals surface area contributed by atoms with Crippen LogP contribution in [0.4, 0.5) is 13.2 Å². The predicted molar refractivity (Wildman–Crippen MR) is 99.0 cm³/mol. The summed E-state index contributed by atoms with van der Waals surface area (Å²) < 4.78 is 69.5.